The molecule has 0 rings (SSSR count). The highest BCUT2D eigenvalue weighted by Gasteiger charge is 2.10. The number of rotatable bonds is 5. The van der Waals surface area contributed by atoms with E-state index >= 15 is 0 Å². The largest absolute Gasteiger partial charge is 0.389 e. The van der Waals surface area contributed by atoms with Gasteiger partial charge in [0.15, 0.2) is 5.78 Å². The summed E-state index contributed by atoms with van der Waals surface area (Å²) in [6.45, 7) is 7.10. The van der Waals surface area contributed by atoms with E-state index in [-0.39, 0.29) is 5.78 Å². The maximum absolute atomic E-state index is 11.1. The van der Waals surface area contributed by atoms with Crippen molar-refractivity contribution in [1.29, 1.82) is 0 Å². The van der Waals surface area contributed by atoms with Crippen LogP contribution in [0.3, 0.4) is 0 Å². The van der Waals surface area contributed by atoms with Crippen LogP contribution in [0.5, 0.6) is 0 Å². The molecule has 0 bridgehead atoms. The Labute approximate surface area is 67.9 Å². The van der Waals surface area contributed by atoms with Crippen LogP contribution in [0.1, 0.15) is 33.1 Å². The predicted molar refractivity (Wildman–Crippen MR) is 45.4 cm³/mol. The summed E-state index contributed by atoms with van der Waals surface area (Å²) in [6.07, 6.45) is 1.70. The van der Waals surface area contributed by atoms with Gasteiger partial charge in [-0.1, -0.05) is 19.9 Å². The van der Waals surface area contributed by atoms with Crippen molar-refractivity contribution in [2.75, 3.05) is 0 Å². The number of hydrogen-bond donors (Lipinski definition) is 1. The lowest BCUT2D eigenvalue weighted by molar-refractivity contribution is -0.116. The highest BCUT2D eigenvalue weighted by Crippen LogP contribution is 2.06. The molecule has 64 valence electrons. The zero-order valence-corrected chi connectivity index (χ0v) is 7.26. The first-order valence-corrected chi connectivity index (χ1v) is 3.99. The summed E-state index contributed by atoms with van der Waals surface area (Å²) in [7, 11) is 0. The molecule has 1 N–H and O–H groups in total. The molecule has 1 atom stereocenters. The molecule has 0 aliphatic carbocycles. The Morgan fingerprint density at radius 2 is 2.18 bits per heavy atom. The van der Waals surface area contributed by atoms with Gasteiger partial charge in [0.25, 0.3) is 0 Å². The van der Waals surface area contributed by atoms with Crippen molar-refractivity contribution in [1.82, 2.24) is 0 Å². The Balaban J connectivity index is 3.75. The summed E-state index contributed by atoms with van der Waals surface area (Å²) in [4.78, 5) is 11.1. The van der Waals surface area contributed by atoms with Gasteiger partial charge in [-0.25, -0.2) is 0 Å². The zero-order chi connectivity index (χ0) is 8.85. The molecule has 0 aromatic rings. The van der Waals surface area contributed by atoms with Crippen molar-refractivity contribution in [2.24, 2.45) is 0 Å². The molecule has 0 radical (unpaired) electrons. The lowest BCUT2D eigenvalue weighted by Crippen LogP contribution is -2.13. The van der Waals surface area contributed by atoms with Crippen molar-refractivity contribution >= 4 is 5.78 Å². The number of hydrogen-bond acceptors (Lipinski definition) is 2. The standard InChI is InChI=1S/C9H16O2/c1-4-5-6-9(11)7(2)8(3)10/h8,10H,2,4-6H2,1,3H3/t8-/m0/s1. The number of carbonyl (C=O) groups is 1. The van der Waals surface area contributed by atoms with E-state index in [1.54, 1.807) is 6.92 Å². The molecule has 0 spiro atoms. The van der Waals surface area contributed by atoms with Crippen molar-refractivity contribution in [2.45, 2.75) is 39.2 Å². The van der Waals surface area contributed by atoms with Crippen molar-refractivity contribution in [3.8, 4) is 0 Å². The Morgan fingerprint density at radius 1 is 1.64 bits per heavy atom. The fraction of sp³-hybridized carbons (Fsp3) is 0.667. The molecular formula is C9H16O2. The van der Waals surface area contributed by atoms with E-state index in [1.165, 1.54) is 0 Å². The van der Waals surface area contributed by atoms with Gasteiger partial charge in [0.2, 0.25) is 0 Å². The molecule has 11 heavy (non-hydrogen) atoms. The summed E-state index contributed by atoms with van der Waals surface area (Å²) >= 11 is 0. The van der Waals surface area contributed by atoms with E-state index in [9.17, 15) is 4.79 Å². The van der Waals surface area contributed by atoms with Gasteiger partial charge in [-0.2, -0.15) is 0 Å². The molecule has 0 unspecified atom stereocenters. The Hall–Kier alpha value is -0.630. The monoisotopic (exact) mass is 156 g/mol. The minimum Gasteiger partial charge on any atom is -0.389 e. The van der Waals surface area contributed by atoms with Crippen LogP contribution in [0.4, 0.5) is 0 Å². The molecule has 0 aliphatic heterocycles. The topological polar surface area (TPSA) is 37.3 Å². The van der Waals surface area contributed by atoms with E-state index in [2.05, 4.69) is 6.58 Å². The van der Waals surface area contributed by atoms with Gasteiger partial charge in [-0.3, -0.25) is 4.79 Å². The molecule has 2 heteroatoms. The SMILES string of the molecule is C=C(C(=O)CCCC)[C@H](C)O. The summed E-state index contributed by atoms with van der Waals surface area (Å²) < 4.78 is 0. The van der Waals surface area contributed by atoms with Crippen molar-refractivity contribution < 1.29 is 9.90 Å². The lowest BCUT2D eigenvalue weighted by atomic mass is 10.0. The molecule has 0 saturated heterocycles. The van der Waals surface area contributed by atoms with Gasteiger partial charge < -0.3 is 5.11 Å². The first-order chi connectivity index (χ1) is 5.09. The van der Waals surface area contributed by atoms with E-state index in [1.807, 2.05) is 6.92 Å². The Kier molecular flexibility index (Phi) is 4.79. The predicted octanol–water partition coefficient (Wildman–Crippen LogP) is 1.68. The fourth-order valence-corrected chi connectivity index (χ4v) is 0.731. The van der Waals surface area contributed by atoms with Crippen molar-refractivity contribution in [3.63, 3.8) is 0 Å². The maximum Gasteiger partial charge on any atom is 0.160 e. The third-order valence-electron chi connectivity index (χ3n) is 1.62. The minimum absolute atomic E-state index is 0.0122. The first kappa shape index (κ1) is 10.4. The summed E-state index contributed by atoms with van der Waals surface area (Å²) in [5, 5.41) is 8.97. The first-order valence-electron chi connectivity index (χ1n) is 3.99. The molecule has 0 aromatic heterocycles. The van der Waals surface area contributed by atoms with Gasteiger partial charge in [0, 0.05) is 12.0 Å². The van der Waals surface area contributed by atoms with Gasteiger partial charge in [0.1, 0.15) is 0 Å². The third-order valence-corrected chi connectivity index (χ3v) is 1.62. The Bertz CT molecular complexity index is 148. The Morgan fingerprint density at radius 3 is 2.55 bits per heavy atom. The van der Waals surface area contributed by atoms with Crippen LogP contribution in [-0.4, -0.2) is 17.0 Å². The number of ketones is 1. The molecule has 0 heterocycles. The molecule has 0 saturated carbocycles. The summed E-state index contributed by atoms with van der Waals surface area (Å²) in [5.41, 5.74) is 0.332. The fourth-order valence-electron chi connectivity index (χ4n) is 0.731. The molecule has 0 fully saturated rings. The van der Waals surface area contributed by atoms with Crippen LogP contribution in [0, 0.1) is 0 Å². The normalized spacial score (nSPS) is 12.6. The molecule has 0 aromatic carbocycles. The number of aliphatic hydroxyl groups is 1. The second-order valence-electron chi connectivity index (χ2n) is 2.73. The van der Waals surface area contributed by atoms with Crippen LogP contribution in [0.2, 0.25) is 0 Å². The van der Waals surface area contributed by atoms with Crippen molar-refractivity contribution in [3.05, 3.63) is 12.2 Å². The van der Waals surface area contributed by atoms with Crippen LogP contribution in [0.25, 0.3) is 0 Å². The van der Waals surface area contributed by atoms with E-state index in [4.69, 9.17) is 5.11 Å². The van der Waals surface area contributed by atoms with E-state index < -0.39 is 6.10 Å². The molecule has 0 aliphatic rings. The maximum atomic E-state index is 11.1. The quantitative estimate of drug-likeness (QED) is 0.615. The second kappa shape index (κ2) is 5.08. The van der Waals surface area contributed by atoms with Gasteiger partial charge in [-0.05, 0) is 13.3 Å². The smallest absolute Gasteiger partial charge is 0.160 e. The van der Waals surface area contributed by atoms with Crippen LogP contribution < -0.4 is 0 Å². The van der Waals surface area contributed by atoms with E-state index in [0.29, 0.717) is 12.0 Å². The zero-order valence-electron chi connectivity index (χ0n) is 7.26. The number of aliphatic hydroxyl groups excluding tert-OH is 1. The van der Waals surface area contributed by atoms with Crippen LogP contribution in [-0.2, 0) is 4.79 Å². The van der Waals surface area contributed by atoms with Crippen LogP contribution >= 0.6 is 0 Å². The number of unbranched alkanes of at least 4 members (excludes halogenated alkanes) is 1. The summed E-state index contributed by atoms with van der Waals surface area (Å²) in [5.74, 6) is -0.0122. The summed E-state index contributed by atoms with van der Waals surface area (Å²) in [6, 6.07) is 0. The number of carbonyl (C=O) groups excluding carboxylic acids is 1. The highest BCUT2D eigenvalue weighted by molar-refractivity contribution is 5.95. The van der Waals surface area contributed by atoms with Crippen LogP contribution in [0.15, 0.2) is 12.2 Å². The lowest BCUT2D eigenvalue weighted by Gasteiger charge is -2.05. The van der Waals surface area contributed by atoms with E-state index in [0.717, 1.165) is 12.8 Å². The minimum atomic E-state index is -0.695. The van der Waals surface area contributed by atoms with Gasteiger partial charge >= 0.3 is 0 Å². The highest BCUT2D eigenvalue weighted by atomic mass is 16.3. The van der Waals surface area contributed by atoms with Gasteiger partial charge in [0.05, 0.1) is 6.10 Å². The average Bonchev–Trinajstić information content (AvgIpc) is 1.98. The second-order valence-corrected chi connectivity index (χ2v) is 2.73. The average molecular weight is 156 g/mol. The molecular weight excluding hydrogens is 140 g/mol. The molecule has 0 amide bonds. The third kappa shape index (κ3) is 3.94. The van der Waals surface area contributed by atoms with Gasteiger partial charge in [-0.15, -0.1) is 0 Å². The number of Topliss-reactive ketones (excluding diaryl/α,β-unsaturated/α-hetero) is 1. The molecule has 2 nitrogen and oxygen atoms in total.